The van der Waals surface area contributed by atoms with E-state index in [1.807, 2.05) is 12.5 Å². The molecule has 0 bridgehead atoms. The smallest absolute Gasteiger partial charge is 0.0937 e. The lowest BCUT2D eigenvalue weighted by Gasteiger charge is -2.63. The van der Waals surface area contributed by atoms with Crippen molar-refractivity contribution in [3.8, 4) is 0 Å². The molecule has 4 saturated carbocycles. The van der Waals surface area contributed by atoms with Crippen molar-refractivity contribution in [3.05, 3.63) is 24.2 Å². The fourth-order valence-electron chi connectivity index (χ4n) is 9.92. The summed E-state index contributed by atoms with van der Waals surface area (Å²) in [4.78, 5) is 2.61. The average molecular weight is 516 g/mol. The number of ether oxygens (including phenoxy) is 1. The van der Waals surface area contributed by atoms with Crippen molar-refractivity contribution in [2.45, 2.75) is 102 Å². The summed E-state index contributed by atoms with van der Waals surface area (Å²) in [6.07, 6.45) is 17.7. The monoisotopic (exact) mass is 515 g/mol. The summed E-state index contributed by atoms with van der Waals surface area (Å²) in [5, 5.41) is 12.4. The highest BCUT2D eigenvalue weighted by atomic mass is 32.2. The van der Waals surface area contributed by atoms with Crippen molar-refractivity contribution in [1.82, 2.24) is 4.90 Å². The molecule has 1 aliphatic heterocycles. The molecule has 0 aromatic carbocycles. The summed E-state index contributed by atoms with van der Waals surface area (Å²) in [7, 11) is 0. The zero-order valence-electron chi connectivity index (χ0n) is 22.8. The predicted octanol–water partition coefficient (Wildman–Crippen LogP) is 6.74. The van der Waals surface area contributed by atoms with Crippen LogP contribution >= 0.6 is 11.8 Å². The first-order valence-electron chi connectivity index (χ1n) is 15.1. The van der Waals surface area contributed by atoms with Crippen molar-refractivity contribution in [1.29, 1.82) is 0 Å². The number of likely N-dealkylation sites (tertiary alicyclic amines) is 1. The lowest BCUT2D eigenvalue weighted by Crippen LogP contribution is -2.62. The fraction of sp³-hybridized carbons (Fsp3) is 0.871. The molecule has 2 heterocycles. The molecule has 8 atom stereocenters. The minimum atomic E-state index is -0.522. The van der Waals surface area contributed by atoms with E-state index in [1.165, 1.54) is 82.3 Å². The Morgan fingerprint density at radius 2 is 1.89 bits per heavy atom. The quantitative estimate of drug-likeness (QED) is 0.389. The van der Waals surface area contributed by atoms with Gasteiger partial charge in [0.05, 0.1) is 30.8 Å². The Kier molecular flexibility index (Phi) is 7.33. The lowest BCUT2D eigenvalue weighted by molar-refractivity contribution is -0.207. The Morgan fingerprint density at radius 1 is 1.03 bits per heavy atom. The summed E-state index contributed by atoms with van der Waals surface area (Å²) < 4.78 is 11.9. The molecule has 4 nitrogen and oxygen atoms in total. The number of furan rings is 1. The molecule has 4 aliphatic carbocycles. The number of hydrogen-bond acceptors (Lipinski definition) is 5. The molecular weight excluding hydrogens is 466 g/mol. The van der Waals surface area contributed by atoms with Crippen molar-refractivity contribution >= 4 is 11.8 Å². The number of rotatable bonds is 8. The van der Waals surface area contributed by atoms with Crippen LogP contribution in [0.3, 0.4) is 0 Å². The van der Waals surface area contributed by atoms with Crippen molar-refractivity contribution in [2.75, 3.05) is 37.7 Å². The third-order valence-corrected chi connectivity index (χ3v) is 13.0. The van der Waals surface area contributed by atoms with E-state index in [1.54, 1.807) is 0 Å². The van der Waals surface area contributed by atoms with Crippen molar-refractivity contribution in [2.24, 2.45) is 28.6 Å². The standard InChI is InChI=1S/C31H49NO3S/c1-29-11-7-25(35-18-20-36-19-16-32-14-3-4-15-32)21-24(29)5-6-28-27(29)8-12-30(2)26(9-13-31(28,30)33)23-10-17-34-22-23/h10,17,22,24-28,33H,3-9,11-16,18-21H2,1-2H3/t24?,25?,26?,27-,28-,29+,30-,31-/m1/s1. The maximum atomic E-state index is 12.4. The maximum Gasteiger partial charge on any atom is 0.0937 e. The molecule has 6 rings (SSSR count). The molecule has 1 aromatic rings. The van der Waals surface area contributed by atoms with Crippen molar-refractivity contribution < 1.29 is 14.3 Å². The summed E-state index contributed by atoms with van der Waals surface area (Å²) in [6.45, 7) is 9.78. The van der Waals surface area contributed by atoms with E-state index < -0.39 is 5.60 Å². The Bertz CT molecular complexity index is 871. The van der Waals surface area contributed by atoms with Crippen LogP contribution in [-0.2, 0) is 4.74 Å². The number of aliphatic hydroxyl groups is 1. The van der Waals surface area contributed by atoms with Gasteiger partial charge in [-0.15, -0.1) is 0 Å². The highest BCUT2D eigenvalue weighted by Gasteiger charge is 2.67. The Morgan fingerprint density at radius 3 is 2.69 bits per heavy atom. The minimum absolute atomic E-state index is 0.0198. The molecule has 3 unspecified atom stereocenters. The molecule has 0 spiro atoms. The third-order valence-electron chi connectivity index (χ3n) is 12.1. The van der Waals surface area contributed by atoms with Gasteiger partial charge >= 0.3 is 0 Å². The number of hydrogen-bond donors (Lipinski definition) is 1. The summed E-state index contributed by atoms with van der Waals surface area (Å²) in [6, 6.07) is 2.14. The van der Waals surface area contributed by atoms with E-state index in [0.29, 0.717) is 29.3 Å². The molecular formula is C31H49NO3S. The topological polar surface area (TPSA) is 45.8 Å². The van der Waals surface area contributed by atoms with Crippen LogP contribution in [-0.4, -0.2) is 59.5 Å². The first kappa shape index (κ1) is 25.8. The van der Waals surface area contributed by atoms with Gasteiger partial charge in [0.15, 0.2) is 0 Å². The van der Waals surface area contributed by atoms with Crippen LogP contribution < -0.4 is 0 Å². The van der Waals surface area contributed by atoms with Gasteiger partial charge in [0, 0.05) is 23.5 Å². The van der Waals surface area contributed by atoms with E-state index in [-0.39, 0.29) is 5.41 Å². The molecule has 1 N–H and O–H groups in total. The summed E-state index contributed by atoms with van der Waals surface area (Å²) >= 11 is 2.07. The molecule has 1 saturated heterocycles. The molecule has 0 amide bonds. The highest BCUT2D eigenvalue weighted by Crippen LogP contribution is 2.70. The maximum absolute atomic E-state index is 12.4. The van der Waals surface area contributed by atoms with Crippen LogP contribution in [0.25, 0.3) is 0 Å². The van der Waals surface area contributed by atoms with Crippen LogP contribution in [0.15, 0.2) is 23.0 Å². The van der Waals surface area contributed by atoms with E-state index in [4.69, 9.17) is 9.15 Å². The zero-order chi connectivity index (χ0) is 24.8. The lowest BCUT2D eigenvalue weighted by atomic mass is 9.43. The van der Waals surface area contributed by atoms with Crippen LogP contribution in [0.5, 0.6) is 0 Å². The average Bonchev–Trinajstić information content (AvgIpc) is 3.62. The summed E-state index contributed by atoms with van der Waals surface area (Å²) in [5.41, 5.74) is 1.14. The van der Waals surface area contributed by atoms with Gasteiger partial charge in [0.2, 0.25) is 0 Å². The molecule has 36 heavy (non-hydrogen) atoms. The molecule has 0 radical (unpaired) electrons. The molecule has 202 valence electrons. The molecule has 5 fully saturated rings. The molecule has 1 aromatic heterocycles. The van der Waals surface area contributed by atoms with Gasteiger partial charge in [0.1, 0.15) is 0 Å². The summed E-state index contributed by atoms with van der Waals surface area (Å²) in [5.74, 6) is 4.71. The van der Waals surface area contributed by atoms with Crippen LogP contribution in [0.2, 0.25) is 0 Å². The van der Waals surface area contributed by atoms with Gasteiger partial charge in [-0.3, -0.25) is 0 Å². The Balaban J connectivity index is 1.03. The van der Waals surface area contributed by atoms with E-state index in [0.717, 1.165) is 37.5 Å². The van der Waals surface area contributed by atoms with Crippen molar-refractivity contribution in [3.63, 3.8) is 0 Å². The van der Waals surface area contributed by atoms with Crippen LogP contribution in [0.4, 0.5) is 0 Å². The number of thioether (sulfide) groups is 1. The number of nitrogens with zero attached hydrogens (tertiary/aromatic N) is 1. The van der Waals surface area contributed by atoms with Crippen LogP contribution in [0, 0.1) is 28.6 Å². The first-order valence-corrected chi connectivity index (χ1v) is 16.3. The second kappa shape index (κ2) is 10.2. The van der Waals surface area contributed by atoms with E-state index in [2.05, 4.69) is 36.6 Å². The second-order valence-electron chi connectivity index (χ2n) is 13.4. The van der Waals surface area contributed by atoms with Gasteiger partial charge in [-0.25, -0.2) is 0 Å². The number of fused-ring (bicyclic) bond motifs is 5. The normalized spacial score (nSPS) is 44.8. The largest absolute Gasteiger partial charge is 0.472 e. The molecule has 5 heteroatoms. The fourth-order valence-corrected chi connectivity index (χ4v) is 10.7. The zero-order valence-corrected chi connectivity index (χ0v) is 23.6. The van der Waals surface area contributed by atoms with Gasteiger partial charge in [0.25, 0.3) is 0 Å². The predicted molar refractivity (Wildman–Crippen MR) is 147 cm³/mol. The highest BCUT2D eigenvalue weighted by molar-refractivity contribution is 7.99. The van der Waals surface area contributed by atoms with Gasteiger partial charge in [-0.2, -0.15) is 11.8 Å². The van der Waals surface area contributed by atoms with Gasteiger partial charge < -0.3 is 19.2 Å². The SMILES string of the molecule is C[C@]12CCC(OCCSCCN3CCCC3)CC1CC[C@@H]1[C@H]2CC[C@]2(C)C(c3ccoc3)CC[C@@]12O. The minimum Gasteiger partial charge on any atom is -0.472 e. The van der Waals surface area contributed by atoms with E-state index in [9.17, 15) is 5.11 Å². The first-order chi connectivity index (χ1) is 17.4. The van der Waals surface area contributed by atoms with E-state index >= 15 is 0 Å². The molecule has 5 aliphatic rings. The van der Waals surface area contributed by atoms with Crippen LogP contribution in [0.1, 0.15) is 96.0 Å². The Labute approximate surface area is 223 Å². The van der Waals surface area contributed by atoms with Gasteiger partial charge in [-0.05, 0) is 124 Å². The second-order valence-corrected chi connectivity index (χ2v) is 14.7. The third kappa shape index (κ3) is 4.32. The Hall–Kier alpha value is -0.490. The van der Waals surface area contributed by atoms with Gasteiger partial charge in [-0.1, -0.05) is 13.8 Å².